The van der Waals surface area contributed by atoms with Gasteiger partial charge in [-0.2, -0.15) is 0 Å². The molecule has 1 saturated heterocycles. The summed E-state index contributed by atoms with van der Waals surface area (Å²) in [4.78, 5) is 34.8. The molecule has 0 atom stereocenters. The number of hydrogen-bond acceptors (Lipinski definition) is 6. The van der Waals surface area contributed by atoms with Gasteiger partial charge in [-0.1, -0.05) is 23.9 Å². The van der Waals surface area contributed by atoms with Crippen LogP contribution in [0.25, 0.3) is 15.9 Å². The Balaban J connectivity index is 1.80. The topological polar surface area (TPSA) is 64.4 Å². The van der Waals surface area contributed by atoms with Crippen molar-refractivity contribution in [2.75, 3.05) is 32.1 Å². The molecule has 0 unspecified atom stereocenters. The molecule has 1 amide bonds. The molecule has 158 valence electrons. The lowest BCUT2D eigenvalue weighted by Gasteiger charge is -2.26. The molecule has 3 aromatic rings. The molecule has 0 spiro atoms. The zero-order valence-electron chi connectivity index (χ0n) is 17.7. The first-order valence-corrected chi connectivity index (χ1v) is 11.8. The van der Waals surface area contributed by atoms with Crippen molar-refractivity contribution in [3.05, 3.63) is 50.1 Å². The van der Waals surface area contributed by atoms with Gasteiger partial charge in [0, 0.05) is 18.0 Å². The third-order valence-electron chi connectivity index (χ3n) is 5.68. The highest BCUT2D eigenvalue weighted by Crippen LogP contribution is 2.30. The molecule has 2 aromatic heterocycles. The number of rotatable bonds is 4. The van der Waals surface area contributed by atoms with Crippen LogP contribution in [0.3, 0.4) is 0 Å². The Labute approximate surface area is 183 Å². The average molecular weight is 444 g/mol. The zero-order chi connectivity index (χ0) is 21.4. The molecule has 6 nitrogen and oxygen atoms in total. The summed E-state index contributed by atoms with van der Waals surface area (Å²) in [5.41, 5.74) is 3.87. The number of thioether (sulfide) groups is 1. The van der Waals surface area contributed by atoms with E-state index in [2.05, 4.69) is 0 Å². The van der Waals surface area contributed by atoms with Crippen molar-refractivity contribution in [2.24, 2.45) is 0 Å². The number of hydrogen-bond donors (Lipinski definition) is 0. The molecule has 0 saturated carbocycles. The van der Waals surface area contributed by atoms with Crippen molar-refractivity contribution in [1.82, 2.24) is 14.5 Å². The van der Waals surface area contributed by atoms with Gasteiger partial charge < -0.3 is 9.64 Å². The Hall–Kier alpha value is -2.16. The minimum absolute atomic E-state index is 0.0451. The summed E-state index contributed by atoms with van der Waals surface area (Å²) in [6, 6.07) is 5.93. The Kier molecular flexibility index (Phi) is 5.99. The molecular formula is C22H25N3O3S2. The smallest absolute Gasteiger partial charge is 0.267 e. The van der Waals surface area contributed by atoms with Crippen molar-refractivity contribution in [3.8, 4) is 5.69 Å². The highest BCUT2D eigenvalue weighted by molar-refractivity contribution is 7.99. The van der Waals surface area contributed by atoms with Crippen molar-refractivity contribution in [3.63, 3.8) is 0 Å². The standard InChI is InChI=1S/C22H25N3O3S2/c1-13-6-5-7-17(14(13)2)25-21(27)19-15(3)16(4)30-20(19)23-22(25)29-12-18(26)24-8-10-28-11-9-24/h5-7H,8-12H2,1-4H3. The van der Waals surface area contributed by atoms with E-state index in [1.807, 2.05) is 50.8 Å². The normalized spacial score (nSPS) is 14.5. The predicted octanol–water partition coefficient (Wildman–Crippen LogP) is 3.63. The fourth-order valence-electron chi connectivity index (χ4n) is 3.59. The number of carbonyl (C=O) groups is 1. The molecule has 1 aliphatic heterocycles. The molecule has 30 heavy (non-hydrogen) atoms. The van der Waals surface area contributed by atoms with Gasteiger partial charge in [0.2, 0.25) is 5.91 Å². The van der Waals surface area contributed by atoms with Crippen LogP contribution >= 0.6 is 23.1 Å². The van der Waals surface area contributed by atoms with Gasteiger partial charge in [0.15, 0.2) is 5.16 Å². The molecule has 0 bridgehead atoms. The maximum absolute atomic E-state index is 13.6. The van der Waals surface area contributed by atoms with Crippen molar-refractivity contribution < 1.29 is 9.53 Å². The number of aromatic nitrogens is 2. The molecule has 8 heteroatoms. The number of fused-ring (bicyclic) bond motifs is 1. The highest BCUT2D eigenvalue weighted by Gasteiger charge is 2.22. The first-order valence-electron chi connectivity index (χ1n) is 9.96. The quantitative estimate of drug-likeness (QED) is 0.455. The Bertz CT molecular complexity index is 1180. The van der Waals surface area contributed by atoms with Gasteiger partial charge in [-0.3, -0.25) is 14.2 Å². The number of morpholine rings is 1. The molecule has 1 aliphatic rings. The van der Waals surface area contributed by atoms with Crippen LogP contribution in [0.1, 0.15) is 21.6 Å². The van der Waals surface area contributed by atoms with E-state index in [4.69, 9.17) is 9.72 Å². The maximum Gasteiger partial charge on any atom is 0.267 e. The van der Waals surface area contributed by atoms with Gasteiger partial charge in [0.05, 0.1) is 30.0 Å². The van der Waals surface area contributed by atoms with Crippen molar-refractivity contribution in [2.45, 2.75) is 32.9 Å². The second-order valence-corrected chi connectivity index (χ2v) is 9.64. The number of thiophene rings is 1. The van der Waals surface area contributed by atoms with E-state index >= 15 is 0 Å². The van der Waals surface area contributed by atoms with Crippen LogP contribution < -0.4 is 5.56 Å². The molecule has 0 aliphatic carbocycles. The van der Waals surface area contributed by atoms with Crippen molar-refractivity contribution in [1.29, 1.82) is 0 Å². The lowest BCUT2D eigenvalue weighted by atomic mass is 10.1. The number of amides is 1. The summed E-state index contributed by atoms with van der Waals surface area (Å²) in [7, 11) is 0. The number of ether oxygens (including phenoxy) is 1. The maximum atomic E-state index is 13.6. The Morgan fingerprint density at radius 3 is 2.63 bits per heavy atom. The van der Waals surface area contributed by atoms with Gasteiger partial charge in [0.1, 0.15) is 4.83 Å². The summed E-state index contributed by atoms with van der Waals surface area (Å²) < 4.78 is 7.02. The lowest BCUT2D eigenvalue weighted by molar-refractivity contribution is -0.132. The van der Waals surface area contributed by atoms with Gasteiger partial charge >= 0.3 is 0 Å². The molecule has 1 aromatic carbocycles. The fraction of sp³-hybridized carbons (Fsp3) is 0.409. The summed E-state index contributed by atoms with van der Waals surface area (Å²) in [5.74, 6) is 0.287. The third-order valence-corrected chi connectivity index (χ3v) is 7.70. The molecular weight excluding hydrogens is 418 g/mol. The molecule has 3 heterocycles. The summed E-state index contributed by atoms with van der Waals surface area (Å²) in [6.45, 7) is 10.4. The molecule has 1 fully saturated rings. The number of nitrogens with zero attached hydrogens (tertiary/aromatic N) is 3. The monoisotopic (exact) mass is 443 g/mol. The minimum Gasteiger partial charge on any atom is -0.378 e. The van der Waals surface area contributed by atoms with Gasteiger partial charge in [0.25, 0.3) is 5.56 Å². The van der Waals surface area contributed by atoms with Crippen LogP contribution in [0.15, 0.2) is 28.2 Å². The van der Waals surface area contributed by atoms with Crippen LogP contribution in [0.4, 0.5) is 0 Å². The van der Waals surface area contributed by atoms with Crippen molar-refractivity contribution >= 4 is 39.2 Å². The van der Waals surface area contributed by atoms with Crippen LogP contribution in [-0.4, -0.2) is 52.4 Å². The molecule has 4 rings (SSSR count). The van der Waals surface area contributed by atoms with Gasteiger partial charge in [-0.05, 0) is 50.5 Å². The minimum atomic E-state index is -0.0723. The average Bonchev–Trinajstić information content (AvgIpc) is 3.03. The van der Waals surface area contributed by atoms with E-state index in [9.17, 15) is 9.59 Å². The van der Waals surface area contributed by atoms with E-state index in [-0.39, 0.29) is 17.2 Å². The first-order chi connectivity index (χ1) is 14.4. The summed E-state index contributed by atoms with van der Waals surface area (Å²) in [5, 5.41) is 1.23. The largest absolute Gasteiger partial charge is 0.378 e. The van der Waals surface area contributed by atoms with Crippen LogP contribution in [0.5, 0.6) is 0 Å². The van der Waals surface area contributed by atoms with E-state index < -0.39 is 0 Å². The molecule has 0 N–H and O–H groups in total. The van der Waals surface area contributed by atoms with Crippen LogP contribution in [0, 0.1) is 27.7 Å². The predicted molar refractivity (Wildman–Crippen MR) is 122 cm³/mol. The second-order valence-electron chi connectivity index (χ2n) is 7.50. The van der Waals surface area contributed by atoms with E-state index in [1.54, 1.807) is 4.57 Å². The summed E-state index contributed by atoms with van der Waals surface area (Å²) in [6.07, 6.45) is 0. The van der Waals surface area contributed by atoms with E-state index in [1.165, 1.54) is 23.1 Å². The van der Waals surface area contributed by atoms with Gasteiger partial charge in [-0.25, -0.2) is 4.98 Å². The molecule has 0 radical (unpaired) electrons. The van der Waals surface area contributed by atoms with Gasteiger partial charge in [-0.15, -0.1) is 11.3 Å². The van der Waals surface area contributed by atoms with E-state index in [0.29, 0.717) is 36.8 Å². The van der Waals surface area contributed by atoms with Crippen LogP contribution in [0.2, 0.25) is 0 Å². The zero-order valence-corrected chi connectivity index (χ0v) is 19.3. The summed E-state index contributed by atoms with van der Waals surface area (Å²) >= 11 is 2.86. The lowest BCUT2D eigenvalue weighted by Crippen LogP contribution is -2.41. The SMILES string of the molecule is Cc1cccc(-n2c(SCC(=O)N3CCOCC3)nc3sc(C)c(C)c3c2=O)c1C. The van der Waals surface area contributed by atoms with Crippen LogP contribution in [-0.2, 0) is 9.53 Å². The number of benzene rings is 1. The first kappa shape index (κ1) is 21.1. The Morgan fingerprint density at radius 2 is 1.90 bits per heavy atom. The Morgan fingerprint density at radius 1 is 1.17 bits per heavy atom. The fourth-order valence-corrected chi connectivity index (χ4v) is 5.57. The number of carbonyl (C=O) groups excluding carboxylic acids is 1. The third kappa shape index (κ3) is 3.79. The number of aryl methyl sites for hydroxylation is 3. The second kappa shape index (κ2) is 8.53. The van der Waals surface area contributed by atoms with E-state index in [0.717, 1.165) is 32.1 Å². The highest BCUT2D eigenvalue weighted by atomic mass is 32.2.